The zero-order chi connectivity index (χ0) is 12.3. The summed E-state index contributed by atoms with van der Waals surface area (Å²) in [6.07, 6.45) is 4.58. The zero-order valence-corrected chi connectivity index (χ0v) is 10.2. The average Bonchev–Trinajstić information content (AvgIpc) is 2.99. The van der Waals surface area contributed by atoms with E-state index >= 15 is 0 Å². The monoisotopic (exact) mass is 234 g/mol. The summed E-state index contributed by atoms with van der Waals surface area (Å²) in [5, 5.41) is 0. The molecule has 0 spiro atoms. The Morgan fingerprint density at radius 2 is 2.29 bits per heavy atom. The number of aromatic nitrogens is 2. The molecular weight excluding hydrogens is 216 g/mol. The predicted molar refractivity (Wildman–Crippen MR) is 65.2 cm³/mol. The molecule has 2 rings (SSSR count). The van der Waals surface area contributed by atoms with E-state index in [-0.39, 0.29) is 6.04 Å². The fourth-order valence-electron chi connectivity index (χ4n) is 1.87. The minimum absolute atomic E-state index is 0.203. The van der Waals surface area contributed by atoms with Crippen LogP contribution in [0.3, 0.4) is 0 Å². The highest BCUT2D eigenvalue weighted by Crippen LogP contribution is 2.22. The molecule has 2 aromatic rings. The fourth-order valence-corrected chi connectivity index (χ4v) is 1.87. The molecular formula is C12H18N4O. The summed E-state index contributed by atoms with van der Waals surface area (Å²) in [5.41, 5.74) is 2.76. The molecule has 0 saturated carbocycles. The number of hydrogen-bond acceptors (Lipinski definition) is 4. The Kier molecular flexibility index (Phi) is 3.61. The molecule has 0 bridgehead atoms. The van der Waals surface area contributed by atoms with Crippen molar-refractivity contribution < 1.29 is 4.42 Å². The highest BCUT2D eigenvalue weighted by molar-refractivity contribution is 5.18. The average molecular weight is 234 g/mol. The van der Waals surface area contributed by atoms with Crippen molar-refractivity contribution in [2.75, 3.05) is 0 Å². The van der Waals surface area contributed by atoms with Crippen molar-refractivity contribution in [2.24, 2.45) is 5.84 Å². The molecule has 17 heavy (non-hydrogen) atoms. The van der Waals surface area contributed by atoms with E-state index in [9.17, 15) is 0 Å². The Morgan fingerprint density at radius 1 is 1.47 bits per heavy atom. The van der Waals surface area contributed by atoms with Crippen LogP contribution in [-0.2, 0) is 13.0 Å². The number of rotatable bonds is 5. The van der Waals surface area contributed by atoms with Crippen LogP contribution < -0.4 is 11.3 Å². The normalized spacial score (nSPS) is 12.9. The number of nitrogens with two attached hydrogens (primary N) is 1. The number of hydrazine groups is 1. The second-order valence-electron chi connectivity index (χ2n) is 3.83. The van der Waals surface area contributed by atoms with Crippen LogP contribution in [0.1, 0.15) is 37.2 Å². The van der Waals surface area contributed by atoms with Crippen LogP contribution in [0.4, 0.5) is 0 Å². The van der Waals surface area contributed by atoms with Gasteiger partial charge in [-0.3, -0.25) is 5.84 Å². The first-order chi connectivity index (χ1) is 8.30. The van der Waals surface area contributed by atoms with Crippen LogP contribution >= 0.6 is 0 Å². The molecule has 5 heteroatoms. The van der Waals surface area contributed by atoms with Crippen molar-refractivity contribution in [1.29, 1.82) is 0 Å². The van der Waals surface area contributed by atoms with E-state index < -0.39 is 0 Å². The Labute approximate surface area is 101 Å². The molecule has 2 aromatic heterocycles. The number of hydrogen-bond donors (Lipinski definition) is 2. The van der Waals surface area contributed by atoms with E-state index in [1.54, 1.807) is 6.20 Å². The van der Waals surface area contributed by atoms with Gasteiger partial charge in [0.2, 0.25) is 0 Å². The van der Waals surface area contributed by atoms with E-state index in [0.717, 1.165) is 30.3 Å². The molecule has 3 N–H and O–H groups in total. The summed E-state index contributed by atoms with van der Waals surface area (Å²) >= 11 is 0. The van der Waals surface area contributed by atoms with Gasteiger partial charge in [-0.25, -0.2) is 10.4 Å². The lowest BCUT2D eigenvalue weighted by Crippen LogP contribution is -2.30. The number of furan rings is 1. The molecule has 92 valence electrons. The van der Waals surface area contributed by atoms with Gasteiger partial charge in [0, 0.05) is 25.4 Å². The first-order valence-corrected chi connectivity index (χ1v) is 5.85. The van der Waals surface area contributed by atoms with E-state index in [1.165, 1.54) is 0 Å². The quantitative estimate of drug-likeness (QED) is 0.609. The van der Waals surface area contributed by atoms with Gasteiger partial charge in [0.1, 0.15) is 23.4 Å². The molecule has 5 nitrogen and oxygen atoms in total. The Morgan fingerprint density at radius 3 is 2.88 bits per heavy atom. The van der Waals surface area contributed by atoms with Gasteiger partial charge in [-0.05, 0) is 19.1 Å². The van der Waals surface area contributed by atoms with Gasteiger partial charge in [0.05, 0.1) is 0 Å². The molecule has 0 aliphatic carbocycles. The lowest BCUT2D eigenvalue weighted by atomic mass is 10.2. The van der Waals surface area contributed by atoms with Crippen molar-refractivity contribution in [3.8, 4) is 0 Å². The molecule has 1 atom stereocenters. The van der Waals surface area contributed by atoms with Crippen molar-refractivity contribution in [3.63, 3.8) is 0 Å². The van der Waals surface area contributed by atoms with Crippen molar-refractivity contribution in [2.45, 2.75) is 32.9 Å². The van der Waals surface area contributed by atoms with Gasteiger partial charge < -0.3 is 8.98 Å². The molecule has 1 unspecified atom stereocenters. The Bertz CT molecular complexity index is 474. The molecule has 0 amide bonds. The summed E-state index contributed by atoms with van der Waals surface area (Å²) in [5.74, 6) is 8.22. The summed E-state index contributed by atoms with van der Waals surface area (Å²) in [6, 6.07) is 3.71. The van der Waals surface area contributed by atoms with Crippen molar-refractivity contribution >= 4 is 0 Å². The highest BCUT2D eigenvalue weighted by atomic mass is 16.3. The molecule has 0 aromatic carbocycles. The Balaban J connectivity index is 2.33. The SMILES string of the molecule is CCc1ccc(C(NN)c2nccn2CC)o1. The molecule has 0 aliphatic rings. The Hall–Kier alpha value is -1.59. The van der Waals surface area contributed by atoms with Crippen LogP contribution in [0.15, 0.2) is 28.9 Å². The topological polar surface area (TPSA) is 69.0 Å². The summed E-state index contributed by atoms with van der Waals surface area (Å²) in [7, 11) is 0. The minimum Gasteiger partial charge on any atom is -0.464 e. The summed E-state index contributed by atoms with van der Waals surface area (Å²) < 4.78 is 7.75. The highest BCUT2D eigenvalue weighted by Gasteiger charge is 2.20. The van der Waals surface area contributed by atoms with Gasteiger partial charge >= 0.3 is 0 Å². The van der Waals surface area contributed by atoms with Gasteiger partial charge in [0.15, 0.2) is 0 Å². The molecule has 0 radical (unpaired) electrons. The largest absolute Gasteiger partial charge is 0.464 e. The maximum absolute atomic E-state index is 5.71. The summed E-state index contributed by atoms with van der Waals surface area (Å²) in [4.78, 5) is 4.33. The van der Waals surface area contributed by atoms with E-state index in [2.05, 4.69) is 24.3 Å². The third-order valence-corrected chi connectivity index (χ3v) is 2.83. The summed E-state index contributed by atoms with van der Waals surface area (Å²) in [6.45, 7) is 4.98. The molecule has 0 saturated heterocycles. The second-order valence-corrected chi connectivity index (χ2v) is 3.83. The van der Waals surface area contributed by atoms with E-state index in [4.69, 9.17) is 10.3 Å². The molecule has 0 aliphatic heterocycles. The van der Waals surface area contributed by atoms with Crippen LogP contribution in [0.25, 0.3) is 0 Å². The van der Waals surface area contributed by atoms with Gasteiger partial charge in [-0.1, -0.05) is 6.92 Å². The maximum Gasteiger partial charge on any atom is 0.137 e. The number of nitrogens with one attached hydrogen (secondary N) is 1. The third kappa shape index (κ3) is 2.25. The second kappa shape index (κ2) is 5.16. The van der Waals surface area contributed by atoms with Gasteiger partial charge in [-0.2, -0.15) is 0 Å². The first kappa shape index (κ1) is 11.9. The fraction of sp³-hybridized carbons (Fsp3) is 0.417. The van der Waals surface area contributed by atoms with Crippen LogP contribution in [0.2, 0.25) is 0 Å². The van der Waals surface area contributed by atoms with Crippen LogP contribution in [-0.4, -0.2) is 9.55 Å². The first-order valence-electron chi connectivity index (χ1n) is 5.85. The van der Waals surface area contributed by atoms with Crippen molar-refractivity contribution in [1.82, 2.24) is 15.0 Å². The number of aryl methyl sites for hydroxylation is 2. The van der Waals surface area contributed by atoms with E-state index in [1.807, 2.05) is 22.9 Å². The molecule has 0 fully saturated rings. The number of imidazole rings is 1. The van der Waals surface area contributed by atoms with E-state index in [0.29, 0.717) is 0 Å². The van der Waals surface area contributed by atoms with Crippen LogP contribution in [0, 0.1) is 0 Å². The lowest BCUT2D eigenvalue weighted by molar-refractivity contribution is 0.410. The van der Waals surface area contributed by atoms with Crippen LogP contribution in [0.5, 0.6) is 0 Å². The van der Waals surface area contributed by atoms with Gasteiger partial charge in [0.25, 0.3) is 0 Å². The van der Waals surface area contributed by atoms with Crippen molar-refractivity contribution in [3.05, 3.63) is 41.9 Å². The predicted octanol–water partition coefficient (Wildman–Crippen LogP) is 1.61. The zero-order valence-electron chi connectivity index (χ0n) is 10.2. The minimum atomic E-state index is -0.203. The standard InChI is InChI=1S/C12H18N4O/c1-3-9-5-6-10(17-9)11(15-13)12-14-7-8-16(12)4-2/h5-8,11,15H,3-4,13H2,1-2H3. The maximum atomic E-state index is 5.71. The van der Waals surface area contributed by atoms with Gasteiger partial charge in [-0.15, -0.1) is 0 Å². The third-order valence-electron chi connectivity index (χ3n) is 2.83. The smallest absolute Gasteiger partial charge is 0.137 e. The number of nitrogens with zero attached hydrogens (tertiary/aromatic N) is 2. The molecule has 2 heterocycles. The lowest BCUT2D eigenvalue weighted by Gasteiger charge is -2.14.